The normalized spacial score (nSPS) is 22.5. The maximum atomic E-state index is 12.1. The first-order chi connectivity index (χ1) is 8.63. The van der Waals surface area contributed by atoms with Gasteiger partial charge in [0.15, 0.2) is 0 Å². The van der Waals surface area contributed by atoms with E-state index >= 15 is 0 Å². The molecule has 3 rings (SSSR count). The van der Waals surface area contributed by atoms with Gasteiger partial charge in [0, 0.05) is 11.1 Å². The van der Waals surface area contributed by atoms with E-state index in [0.717, 1.165) is 31.2 Å². The molecule has 0 heterocycles. The highest BCUT2D eigenvalue weighted by Crippen LogP contribution is 2.47. The van der Waals surface area contributed by atoms with Crippen molar-refractivity contribution in [1.29, 1.82) is 0 Å². The lowest BCUT2D eigenvalue weighted by Crippen LogP contribution is -2.55. The van der Waals surface area contributed by atoms with Crippen LogP contribution in [0.4, 0.5) is 0 Å². The molecule has 0 aromatic heterocycles. The molecule has 2 aliphatic carbocycles. The van der Waals surface area contributed by atoms with Crippen molar-refractivity contribution >= 4 is 17.5 Å². The molecular formula is C14H17ClN2O. The van der Waals surface area contributed by atoms with Gasteiger partial charge in [-0.1, -0.05) is 23.7 Å². The molecule has 0 aliphatic heterocycles. The lowest BCUT2D eigenvalue weighted by atomic mass is 9.84. The molecule has 2 fully saturated rings. The van der Waals surface area contributed by atoms with Crippen LogP contribution in [0.1, 0.15) is 31.2 Å². The predicted molar refractivity (Wildman–Crippen MR) is 71.2 cm³/mol. The SMILES string of the molecule is NC(=O)C(NC1CC1)(c1ccc(Cl)cc1)C1CC1. The third kappa shape index (κ3) is 2.02. The first-order valence-corrected chi connectivity index (χ1v) is 6.84. The molecule has 0 radical (unpaired) electrons. The van der Waals surface area contributed by atoms with E-state index in [-0.39, 0.29) is 5.91 Å². The third-order valence-electron chi connectivity index (χ3n) is 3.89. The Morgan fingerprint density at radius 2 is 1.83 bits per heavy atom. The fourth-order valence-corrected chi connectivity index (χ4v) is 2.76. The number of carbonyl (C=O) groups excluding carboxylic acids is 1. The number of carbonyl (C=O) groups is 1. The second-order valence-electron chi connectivity index (χ2n) is 5.37. The minimum atomic E-state index is -0.689. The largest absolute Gasteiger partial charge is 0.368 e. The van der Waals surface area contributed by atoms with E-state index in [9.17, 15) is 4.79 Å². The first kappa shape index (κ1) is 12.0. The Labute approximate surface area is 112 Å². The van der Waals surface area contributed by atoms with Crippen molar-refractivity contribution in [3.8, 4) is 0 Å². The highest BCUT2D eigenvalue weighted by molar-refractivity contribution is 6.30. The van der Waals surface area contributed by atoms with E-state index in [2.05, 4.69) is 5.32 Å². The molecule has 0 spiro atoms. The van der Waals surface area contributed by atoms with Gasteiger partial charge >= 0.3 is 0 Å². The molecule has 2 aliphatic rings. The summed E-state index contributed by atoms with van der Waals surface area (Å²) in [4.78, 5) is 12.1. The minimum Gasteiger partial charge on any atom is -0.368 e. The monoisotopic (exact) mass is 264 g/mol. The van der Waals surface area contributed by atoms with Crippen LogP contribution in [0.5, 0.6) is 0 Å². The van der Waals surface area contributed by atoms with E-state index in [0.29, 0.717) is 17.0 Å². The van der Waals surface area contributed by atoms with Gasteiger partial charge in [-0.05, 0) is 49.3 Å². The topological polar surface area (TPSA) is 55.1 Å². The van der Waals surface area contributed by atoms with Crippen molar-refractivity contribution in [3.63, 3.8) is 0 Å². The van der Waals surface area contributed by atoms with Gasteiger partial charge in [0.25, 0.3) is 0 Å². The maximum absolute atomic E-state index is 12.1. The highest BCUT2D eigenvalue weighted by atomic mass is 35.5. The number of nitrogens with two attached hydrogens (primary N) is 1. The van der Waals surface area contributed by atoms with Crippen molar-refractivity contribution in [2.45, 2.75) is 37.3 Å². The Bertz CT molecular complexity index is 465. The number of amides is 1. The van der Waals surface area contributed by atoms with Crippen LogP contribution < -0.4 is 11.1 Å². The second kappa shape index (κ2) is 4.25. The van der Waals surface area contributed by atoms with Gasteiger partial charge in [-0.15, -0.1) is 0 Å². The van der Waals surface area contributed by atoms with Crippen LogP contribution in [0.15, 0.2) is 24.3 Å². The molecule has 1 unspecified atom stereocenters. The molecule has 0 bridgehead atoms. The Morgan fingerprint density at radius 1 is 1.22 bits per heavy atom. The summed E-state index contributed by atoms with van der Waals surface area (Å²) in [6, 6.07) is 7.92. The zero-order chi connectivity index (χ0) is 12.8. The van der Waals surface area contributed by atoms with Crippen molar-refractivity contribution in [2.75, 3.05) is 0 Å². The summed E-state index contributed by atoms with van der Waals surface area (Å²) < 4.78 is 0. The predicted octanol–water partition coefficient (Wildman–Crippen LogP) is 2.18. The average molecular weight is 265 g/mol. The van der Waals surface area contributed by atoms with E-state index < -0.39 is 5.54 Å². The summed E-state index contributed by atoms with van der Waals surface area (Å²) in [5.41, 5.74) is 5.99. The van der Waals surface area contributed by atoms with Gasteiger partial charge in [-0.2, -0.15) is 0 Å². The Morgan fingerprint density at radius 3 is 2.28 bits per heavy atom. The molecule has 3 N–H and O–H groups in total. The van der Waals surface area contributed by atoms with Crippen LogP contribution in [0.25, 0.3) is 0 Å². The average Bonchev–Trinajstić information content (AvgIpc) is 3.20. The molecule has 1 amide bonds. The highest BCUT2D eigenvalue weighted by Gasteiger charge is 2.53. The van der Waals surface area contributed by atoms with Crippen molar-refractivity contribution in [2.24, 2.45) is 11.7 Å². The number of hydrogen-bond acceptors (Lipinski definition) is 2. The number of benzene rings is 1. The Balaban J connectivity index is 2.01. The van der Waals surface area contributed by atoms with Gasteiger partial charge in [0.05, 0.1) is 0 Å². The Hall–Kier alpha value is -1.06. The van der Waals surface area contributed by atoms with E-state index in [1.807, 2.05) is 24.3 Å². The molecule has 0 saturated heterocycles. The fraction of sp³-hybridized carbons (Fsp3) is 0.500. The fourth-order valence-electron chi connectivity index (χ4n) is 2.63. The maximum Gasteiger partial charge on any atom is 0.242 e. The van der Waals surface area contributed by atoms with Crippen LogP contribution in [0, 0.1) is 5.92 Å². The summed E-state index contributed by atoms with van der Waals surface area (Å²) in [5, 5.41) is 4.16. The van der Waals surface area contributed by atoms with E-state index in [1.165, 1.54) is 0 Å². The van der Waals surface area contributed by atoms with Crippen LogP contribution in [-0.4, -0.2) is 11.9 Å². The number of nitrogens with one attached hydrogen (secondary N) is 1. The van der Waals surface area contributed by atoms with Gasteiger partial charge in [-0.25, -0.2) is 0 Å². The number of primary amides is 1. The third-order valence-corrected chi connectivity index (χ3v) is 4.14. The van der Waals surface area contributed by atoms with Crippen molar-refractivity contribution < 1.29 is 4.79 Å². The van der Waals surface area contributed by atoms with E-state index in [4.69, 9.17) is 17.3 Å². The first-order valence-electron chi connectivity index (χ1n) is 6.46. The van der Waals surface area contributed by atoms with Crippen molar-refractivity contribution in [1.82, 2.24) is 5.32 Å². The van der Waals surface area contributed by atoms with Crippen molar-refractivity contribution in [3.05, 3.63) is 34.9 Å². The van der Waals surface area contributed by atoms with Gasteiger partial charge in [-0.3, -0.25) is 10.1 Å². The second-order valence-corrected chi connectivity index (χ2v) is 5.81. The van der Waals surface area contributed by atoms with Crippen LogP contribution in [-0.2, 0) is 10.3 Å². The zero-order valence-corrected chi connectivity index (χ0v) is 10.9. The Kier molecular flexibility index (Phi) is 2.83. The van der Waals surface area contributed by atoms with Gasteiger partial charge in [0.2, 0.25) is 5.91 Å². The smallest absolute Gasteiger partial charge is 0.242 e. The standard InChI is InChI=1S/C14H17ClN2O/c15-11-5-3-10(4-6-11)14(13(16)18,9-1-2-9)17-12-7-8-12/h3-6,9,12,17H,1-2,7-8H2,(H2,16,18). The quantitative estimate of drug-likeness (QED) is 0.857. The molecule has 1 aromatic rings. The molecule has 96 valence electrons. The molecule has 18 heavy (non-hydrogen) atoms. The summed E-state index contributed by atoms with van der Waals surface area (Å²) in [7, 11) is 0. The number of hydrogen-bond donors (Lipinski definition) is 2. The molecule has 1 aromatic carbocycles. The molecule has 1 atom stereocenters. The summed E-state index contributed by atoms with van der Waals surface area (Å²) in [5.74, 6) is 0.0657. The molecular weight excluding hydrogens is 248 g/mol. The van der Waals surface area contributed by atoms with E-state index in [1.54, 1.807) is 0 Å². The summed E-state index contributed by atoms with van der Waals surface area (Å²) in [6.07, 6.45) is 4.39. The summed E-state index contributed by atoms with van der Waals surface area (Å²) >= 11 is 5.92. The molecule has 2 saturated carbocycles. The zero-order valence-electron chi connectivity index (χ0n) is 10.2. The summed E-state index contributed by atoms with van der Waals surface area (Å²) in [6.45, 7) is 0. The number of rotatable bonds is 5. The van der Waals surface area contributed by atoms with Gasteiger partial charge in [0.1, 0.15) is 5.54 Å². The van der Waals surface area contributed by atoms with Crippen LogP contribution in [0.3, 0.4) is 0 Å². The van der Waals surface area contributed by atoms with Gasteiger partial charge < -0.3 is 5.73 Å². The molecule has 3 nitrogen and oxygen atoms in total. The molecule has 4 heteroatoms. The lowest BCUT2D eigenvalue weighted by molar-refractivity contribution is -0.125. The number of halogens is 1. The minimum absolute atomic E-state index is 0.265. The van der Waals surface area contributed by atoms with Crippen LogP contribution >= 0.6 is 11.6 Å². The van der Waals surface area contributed by atoms with Crippen LogP contribution in [0.2, 0.25) is 5.02 Å². The lowest BCUT2D eigenvalue weighted by Gasteiger charge is -2.33.